The van der Waals surface area contributed by atoms with Crippen LogP contribution in [0.2, 0.25) is 0 Å². The third kappa shape index (κ3) is 3.93. The van der Waals surface area contributed by atoms with E-state index < -0.39 is 0 Å². The number of thiazole rings is 1. The van der Waals surface area contributed by atoms with Crippen molar-refractivity contribution in [3.8, 4) is 11.3 Å². The molecule has 3 heterocycles. The summed E-state index contributed by atoms with van der Waals surface area (Å²) in [6.07, 6.45) is 1.96. The first-order valence-electron chi connectivity index (χ1n) is 9.81. The van der Waals surface area contributed by atoms with Crippen molar-refractivity contribution in [1.29, 1.82) is 0 Å². The summed E-state index contributed by atoms with van der Waals surface area (Å²) in [6, 6.07) is 17.4. The van der Waals surface area contributed by atoms with Gasteiger partial charge in [0.15, 0.2) is 10.9 Å². The summed E-state index contributed by atoms with van der Waals surface area (Å²) in [5.41, 5.74) is 2.55. The molecular formula is C23H19BrN2O3S. The quantitative estimate of drug-likeness (QED) is 0.342. The summed E-state index contributed by atoms with van der Waals surface area (Å²) in [5, 5.41) is 3.54. The molecule has 0 bridgehead atoms. The average Bonchev–Trinajstić information content (AvgIpc) is 3.52. The number of aromatic nitrogens is 1. The van der Waals surface area contributed by atoms with E-state index in [9.17, 15) is 4.79 Å². The first kappa shape index (κ1) is 19.5. The lowest BCUT2D eigenvalue weighted by atomic mass is 10.2. The zero-order valence-electron chi connectivity index (χ0n) is 16.1. The molecule has 1 aliphatic rings. The molecular weight excluding hydrogens is 464 g/mol. The minimum Gasteiger partial charge on any atom is -0.451 e. The Morgan fingerprint density at radius 1 is 1.20 bits per heavy atom. The highest BCUT2D eigenvalue weighted by Crippen LogP contribution is 2.31. The Balaban J connectivity index is 1.48. The normalized spacial score (nSPS) is 16.2. The van der Waals surface area contributed by atoms with Crippen molar-refractivity contribution < 1.29 is 13.9 Å². The molecule has 4 aromatic rings. The van der Waals surface area contributed by atoms with Crippen molar-refractivity contribution in [2.75, 3.05) is 18.1 Å². The van der Waals surface area contributed by atoms with Crippen molar-refractivity contribution in [3.05, 3.63) is 70.2 Å². The van der Waals surface area contributed by atoms with Crippen molar-refractivity contribution in [1.82, 2.24) is 4.98 Å². The Bertz CT molecular complexity index is 1150. The van der Waals surface area contributed by atoms with E-state index in [-0.39, 0.29) is 12.0 Å². The smallest absolute Gasteiger partial charge is 0.295 e. The number of halogens is 1. The monoisotopic (exact) mass is 482 g/mol. The molecule has 30 heavy (non-hydrogen) atoms. The minimum atomic E-state index is -0.196. The molecule has 1 fully saturated rings. The molecule has 5 rings (SSSR count). The standard InChI is InChI=1S/C23H19BrN2O3S/c24-17-9-7-15(8-10-17)19-14-30-23(25-19)26(13-18-5-3-11-28-18)22(27)21-12-16-4-1-2-6-20(16)29-21/h1-2,4,6-10,12,14,18H,3,5,11,13H2/t18-/m1/s1. The number of rotatable bonds is 5. The number of benzene rings is 2. The summed E-state index contributed by atoms with van der Waals surface area (Å²) in [7, 11) is 0. The number of hydrogen-bond donors (Lipinski definition) is 0. The number of para-hydroxylation sites is 1. The highest BCUT2D eigenvalue weighted by molar-refractivity contribution is 9.10. The van der Waals surface area contributed by atoms with Crippen molar-refractivity contribution >= 4 is 49.3 Å². The second-order valence-electron chi connectivity index (χ2n) is 7.22. The number of hydrogen-bond acceptors (Lipinski definition) is 5. The van der Waals surface area contributed by atoms with Gasteiger partial charge in [0.2, 0.25) is 0 Å². The maximum Gasteiger partial charge on any atom is 0.295 e. The van der Waals surface area contributed by atoms with E-state index in [0.29, 0.717) is 23.0 Å². The van der Waals surface area contributed by atoms with Crippen LogP contribution in [0.3, 0.4) is 0 Å². The van der Waals surface area contributed by atoms with E-state index in [4.69, 9.17) is 14.1 Å². The van der Waals surface area contributed by atoms with Gasteiger partial charge in [0.1, 0.15) is 5.58 Å². The lowest BCUT2D eigenvalue weighted by Gasteiger charge is -2.22. The van der Waals surface area contributed by atoms with E-state index in [1.54, 1.807) is 11.0 Å². The Labute approximate surface area is 186 Å². The van der Waals surface area contributed by atoms with Crippen LogP contribution in [0, 0.1) is 0 Å². The molecule has 0 aliphatic carbocycles. The van der Waals surface area contributed by atoms with Gasteiger partial charge in [-0.3, -0.25) is 9.69 Å². The van der Waals surface area contributed by atoms with Gasteiger partial charge in [-0.2, -0.15) is 0 Å². The molecule has 1 atom stereocenters. The van der Waals surface area contributed by atoms with Gasteiger partial charge in [0.05, 0.1) is 18.3 Å². The predicted octanol–water partition coefficient (Wildman–Crippen LogP) is 6.14. The van der Waals surface area contributed by atoms with Gasteiger partial charge in [-0.1, -0.05) is 46.3 Å². The molecule has 7 heteroatoms. The largest absolute Gasteiger partial charge is 0.451 e. The number of carbonyl (C=O) groups excluding carboxylic acids is 1. The zero-order chi connectivity index (χ0) is 20.5. The average molecular weight is 483 g/mol. The molecule has 1 amide bonds. The Morgan fingerprint density at radius 3 is 2.80 bits per heavy atom. The van der Waals surface area contributed by atoms with Crippen LogP contribution in [0.5, 0.6) is 0 Å². The van der Waals surface area contributed by atoms with Crippen LogP contribution >= 0.6 is 27.3 Å². The molecule has 0 N–H and O–H groups in total. The van der Waals surface area contributed by atoms with Crippen LogP contribution in [0.4, 0.5) is 5.13 Å². The third-order valence-corrected chi connectivity index (χ3v) is 6.55. The van der Waals surface area contributed by atoms with E-state index in [0.717, 1.165) is 40.6 Å². The summed E-state index contributed by atoms with van der Waals surface area (Å²) in [4.78, 5) is 19.9. The van der Waals surface area contributed by atoms with E-state index in [1.165, 1.54) is 11.3 Å². The number of furan rings is 1. The van der Waals surface area contributed by atoms with E-state index in [1.807, 2.05) is 53.9 Å². The van der Waals surface area contributed by atoms with Crippen LogP contribution in [-0.2, 0) is 4.74 Å². The van der Waals surface area contributed by atoms with Gasteiger partial charge < -0.3 is 9.15 Å². The number of fused-ring (bicyclic) bond motifs is 1. The second-order valence-corrected chi connectivity index (χ2v) is 8.97. The fraction of sp³-hybridized carbons (Fsp3) is 0.217. The molecule has 1 saturated heterocycles. The second kappa shape index (κ2) is 8.34. The van der Waals surface area contributed by atoms with Crippen LogP contribution < -0.4 is 4.90 Å². The molecule has 0 radical (unpaired) electrons. The molecule has 0 spiro atoms. The number of anilines is 1. The number of nitrogens with zero attached hydrogens (tertiary/aromatic N) is 2. The third-order valence-electron chi connectivity index (χ3n) is 5.15. The van der Waals surface area contributed by atoms with Gasteiger partial charge in [0, 0.05) is 27.4 Å². The Hall–Kier alpha value is -2.48. The molecule has 1 aliphatic heterocycles. The summed E-state index contributed by atoms with van der Waals surface area (Å²) >= 11 is 4.91. The van der Waals surface area contributed by atoms with Crippen LogP contribution in [0.25, 0.3) is 22.2 Å². The summed E-state index contributed by atoms with van der Waals surface area (Å²) < 4.78 is 12.7. The van der Waals surface area contributed by atoms with Crippen molar-refractivity contribution in [2.45, 2.75) is 18.9 Å². The molecule has 152 valence electrons. The predicted molar refractivity (Wildman–Crippen MR) is 122 cm³/mol. The maximum atomic E-state index is 13.4. The first-order valence-corrected chi connectivity index (χ1v) is 11.5. The Kier molecular flexibility index (Phi) is 5.41. The summed E-state index contributed by atoms with van der Waals surface area (Å²) in [5.74, 6) is 0.119. The van der Waals surface area contributed by atoms with E-state index in [2.05, 4.69) is 15.9 Å². The van der Waals surface area contributed by atoms with Crippen molar-refractivity contribution in [2.24, 2.45) is 0 Å². The zero-order valence-corrected chi connectivity index (χ0v) is 18.5. The molecule has 2 aromatic heterocycles. The fourth-order valence-corrected chi connectivity index (χ4v) is 4.71. The van der Waals surface area contributed by atoms with Gasteiger partial charge in [-0.15, -0.1) is 11.3 Å². The maximum absolute atomic E-state index is 13.4. The highest BCUT2D eigenvalue weighted by Gasteiger charge is 2.28. The fourth-order valence-electron chi connectivity index (χ4n) is 3.60. The molecule has 5 nitrogen and oxygen atoms in total. The molecule has 0 unspecified atom stereocenters. The summed E-state index contributed by atoms with van der Waals surface area (Å²) in [6.45, 7) is 1.20. The highest BCUT2D eigenvalue weighted by atomic mass is 79.9. The Morgan fingerprint density at radius 2 is 2.03 bits per heavy atom. The van der Waals surface area contributed by atoms with E-state index >= 15 is 0 Å². The van der Waals surface area contributed by atoms with Crippen LogP contribution in [0.15, 0.2) is 68.9 Å². The molecule has 2 aromatic carbocycles. The lowest BCUT2D eigenvalue weighted by Crippen LogP contribution is -2.37. The minimum absolute atomic E-state index is 0.0124. The van der Waals surface area contributed by atoms with Gasteiger partial charge >= 0.3 is 0 Å². The number of ether oxygens (including phenoxy) is 1. The lowest BCUT2D eigenvalue weighted by molar-refractivity contribution is 0.0896. The SMILES string of the molecule is O=C(c1cc2ccccc2o1)N(C[C@H]1CCCO1)c1nc(-c2ccc(Br)cc2)cs1. The van der Waals surface area contributed by atoms with Gasteiger partial charge in [-0.25, -0.2) is 4.98 Å². The van der Waals surface area contributed by atoms with Gasteiger partial charge in [0.25, 0.3) is 5.91 Å². The topological polar surface area (TPSA) is 55.6 Å². The van der Waals surface area contributed by atoms with Crippen LogP contribution in [0.1, 0.15) is 23.4 Å². The number of amides is 1. The number of carbonyl (C=O) groups is 1. The van der Waals surface area contributed by atoms with Gasteiger partial charge in [-0.05, 0) is 37.1 Å². The van der Waals surface area contributed by atoms with Crippen LogP contribution in [-0.4, -0.2) is 30.1 Å². The first-order chi connectivity index (χ1) is 14.7. The molecule has 0 saturated carbocycles. The van der Waals surface area contributed by atoms with Crippen molar-refractivity contribution in [3.63, 3.8) is 0 Å².